The van der Waals surface area contributed by atoms with E-state index < -0.39 is 11.2 Å². The predicted octanol–water partition coefficient (Wildman–Crippen LogP) is 1.06. The lowest BCUT2D eigenvalue weighted by Crippen LogP contribution is -2.51. The first kappa shape index (κ1) is 21.0. The van der Waals surface area contributed by atoms with Crippen LogP contribution in [0.2, 0.25) is 0 Å². The van der Waals surface area contributed by atoms with Crippen LogP contribution in [0, 0.1) is 0 Å². The van der Waals surface area contributed by atoms with E-state index in [4.69, 9.17) is 4.74 Å². The molecule has 0 spiro atoms. The Balaban J connectivity index is 1.78. The van der Waals surface area contributed by atoms with Gasteiger partial charge in [-0.15, -0.1) is 0 Å². The third-order valence-electron chi connectivity index (χ3n) is 5.57. The molecule has 0 saturated carbocycles. The first-order valence-electron chi connectivity index (χ1n) is 10.5. The van der Waals surface area contributed by atoms with E-state index in [-0.39, 0.29) is 31.2 Å². The molecule has 2 aromatic heterocycles. The van der Waals surface area contributed by atoms with Crippen LogP contribution < -0.4 is 11.2 Å². The second-order valence-electron chi connectivity index (χ2n) is 8.00. The lowest BCUT2D eigenvalue weighted by Gasteiger charge is -2.35. The van der Waals surface area contributed by atoms with Crippen LogP contribution in [0.4, 0.5) is 0 Å². The second kappa shape index (κ2) is 8.50. The van der Waals surface area contributed by atoms with Crippen LogP contribution in [-0.4, -0.2) is 54.8 Å². The van der Waals surface area contributed by atoms with Crippen LogP contribution in [0.3, 0.4) is 0 Å². The van der Waals surface area contributed by atoms with Gasteiger partial charge in [0.15, 0.2) is 11.2 Å². The summed E-state index contributed by atoms with van der Waals surface area (Å²) >= 11 is 0. The molecule has 0 radical (unpaired) electrons. The SMILES string of the molecule is CCn1cnc2c1c(=O)n(CC(=O)N1C[C@@H](C)O[C@@H](C)C1)c(=O)n2Cc1ccccc1. The number of rotatable bonds is 5. The smallest absolute Gasteiger partial charge is 0.333 e. The minimum Gasteiger partial charge on any atom is -0.372 e. The zero-order valence-electron chi connectivity index (χ0n) is 18.0. The van der Waals surface area contributed by atoms with E-state index in [0.29, 0.717) is 30.8 Å². The maximum atomic E-state index is 13.3. The van der Waals surface area contributed by atoms with E-state index in [1.165, 1.54) is 4.57 Å². The van der Waals surface area contributed by atoms with Gasteiger partial charge in [0, 0.05) is 19.6 Å². The van der Waals surface area contributed by atoms with Crippen LogP contribution in [0.25, 0.3) is 11.2 Å². The summed E-state index contributed by atoms with van der Waals surface area (Å²) in [5.74, 6) is -0.269. The second-order valence-corrected chi connectivity index (χ2v) is 8.00. The fourth-order valence-electron chi connectivity index (χ4n) is 4.14. The minimum atomic E-state index is -0.537. The van der Waals surface area contributed by atoms with Gasteiger partial charge in [0.1, 0.15) is 6.54 Å². The molecule has 9 heteroatoms. The average molecular weight is 425 g/mol. The summed E-state index contributed by atoms with van der Waals surface area (Å²) in [5.41, 5.74) is 0.536. The first-order valence-corrected chi connectivity index (χ1v) is 10.5. The van der Waals surface area contributed by atoms with E-state index in [1.807, 2.05) is 51.1 Å². The molecule has 1 aromatic carbocycles. The van der Waals surface area contributed by atoms with E-state index in [9.17, 15) is 14.4 Å². The Labute approximate surface area is 179 Å². The molecule has 0 N–H and O–H groups in total. The Bertz CT molecular complexity index is 1200. The number of benzene rings is 1. The fraction of sp³-hybridized carbons (Fsp3) is 0.455. The highest BCUT2D eigenvalue weighted by atomic mass is 16.5. The van der Waals surface area contributed by atoms with Gasteiger partial charge in [-0.05, 0) is 26.3 Å². The fourth-order valence-corrected chi connectivity index (χ4v) is 4.14. The molecular weight excluding hydrogens is 398 g/mol. The summed E-state index contributed by atoms with van der Waals surface area (Å²) in [7, 11) is 0. The molecule has 3 aromatic rings. The normalized spacial score (nSPS) is 19.1. The predicted molar refractivity (Wildman–Crippen MR) is 116 cm³/mol. The number of hydrogen-bond donors (Lipinski definition) is 0. The zero-order chi connectivity index (χ0) is 22.1. The molecule has 1 aliphatic heterocycles. The number of aromatic nitrogens is 4. The highest BCUT2D eigenvalue weighted by Crippen LogP contribution is 2.12. The maximum Gasteiger partial charge on any atom is 0.333 e. The summed E-state index contributed by atoms with van der Waals surface area (Å²) in [6, 6.07) is 9.50. The van der Waals surface area contributed by atoms with E-state index >= 15 is 0 Å². The third-order valence-corrected chi connectivity index (χ3v) is 5.57. The first-order chi connectivity index (χ1) is 14.9. The molecule has 4 rings (SSSR count). The van der Waals surface area contributed by atoms with Crippen LogP contribution in [0.1, 0.15) is 26.3 Å². The van der Waals surface area contributed by atoms with Crippen molar-refractivity contribution in [3.05, 3.63) is 63.1 Å². The van der Waals surface area contributed by atoms with Crippen LogP contribution in [0.15, 0.2) is 46.2 Å². The number of carbonyl (C=O) groups is 1. The lowest BCUT2D eigenvalue weighted by atomic mass is 10.2. The number of morpholine rings is 1. The summed E-state index contributed by atoms with van der Waals surface area (Å²) < 4.78 is 9.90. The molecule has 0 bridgehead atoms. The molecule has 1 fully saturated rings. The molecular formula is C22H27N5O4. The van der Waals surface area contributed by atoms with Gasteiger partial charge in [0.2, 0.25) is 5.91 Å². The zero-order valence-corrected chi connectivity index (χ0v) is 18.0. The molecule has 1 saturated heterocycles. The van der Waals surface area contributed by atoms with E-state index in [0.717, 1.165) is 10.1 Å². The summed E-state index contributed by atoms with van der Waals surface area (Å²) in [6.07, 6.45) is 1.37. The van der Waals surface area contributed by atoms with Crippen LogP contribution in [-0.2, 0) is 29.2 Å². The van der Waals surface area contributed by atoms with Crippen molar-refractivity contribution in [2.45, 2.75) is 52.6 Å². The topological polar surface area (TPSA) is 91.4 Å². The van der Waals surface area contributed by atoms with E-state index in [2.05, 4.69) is 4.98 Å². The van der Waals surface area contributed by atoms with Gasteiger partial charge in [-0.1, -0.05) is 30.3 Å². The Morgan fingerprint density at radius 3 is 2.42 bits per heavy atom. The van der Waals surface area contributed by atoms with Gasteiger partial charge in [-0.2, -0.15) is 0 Å². The monoisotopic (exact) mass is 425 g/mol. The molecule has 1 amide bonds. The molecule has 0 aliphatic carbocycles. The maximum absolute atomic E-state index is 13.3. The molecule has 31 heavy (non-hydrogen) atoms. The standard InChI is InChI=1S/C22H27N5O4/c1-4-24-14-23-20-19(24)21(29)27(13-18(28)25-10-15(2)31-16(3)11-25)22(30)26(20)12-17-8-6-5-7-9-17/h5-9,14-16H,4,10-13H2,1-3H3/t15-,16+. The number of ether oxygens (including phenoxy) is 1. The molecule has 164 valence electrons. The van der Waals surface area contributed by atoms with Crippen molar-refractivity contribution in [1.29, 1.82) is 0 Å². The number of hydrogen-bond acceptors (Lipinski definition) is 5. The highest BCUT2D eigenvalue weighted by Gasteiger charge is 2.27. The minimum absolute atomic E-state index is 0.0943. The number of amides is 1. The number of carbonyl (C=O) groups excluding carboxylic acids is 1. The molecule has 0 unspecified atom stereocenters. The van der Waals surface area contributed by atoms with Crippen molar-refractivity contribution in [3.8, 4) is 0 Å². The van der Waals surface area contributed by atoms with Crippen LogP contribution >= 0.6 is 0 Å². The quantitative estimate of drug-likeness (QED) is 0.610. The van der Waals surface area contributed by atoms with Gasteiger partial charge < -0.3 is 14.2 Å². The number of nitrogens with zero attached hydrogens (tertiary/aromatic N) is 5. The largest absolute Gasteiger partial charge is 0.372 e. The molecule has 1 aliphatic rings. The average Bonchev–Trinajstić information content (AvgIpc) is 3.18. The third kappa shape index (κ3) is 4.05. The van der Waals surface area contributed by atoms with Crippen molar-refractivity contribution in [3.63, 3.8) is 0 Å². The summed E-state index contributed by atoms with van der Waals surface area (Å²) in [4.78, 5) is 45.6. The Morgan fingerprint density at radius 1 is 1.10 bits per heavy atom. The van der Waals surface area contributed by atoms with Gasteiger partial charge >= 0.3 is 5.69 Å². The number of fused-ring (bicyclic) bond motifs is 1. The Hall–Kier alpha value is -3.20. The van der Waals surface area contributed by atoms with Crippen LogP contribution in [0.5, 0.6) is 0 Å². The van der Waals surface area contributed by atoms with Gasteiger partial charge in [-0.3, -0.25) is 14.2 Å². The lowest BCUT2D eigenvalue weighted by molar-refractivity contribution is -0.143. The van der Waals surface area contributed by atoms with Crippen molar-refractivity contribution >= 4 is 17.1 Å². The Kier molecular flexibility index (Phi) is 5.77. The number of imidazole rings is 1. The Morgan fingerprint density at radius 2 is 1.77 bits per heavy atom. The van der Waals surface area contributed by atoms with Gasteiger partial charge in [0.25, 0.3) is 5.56 Å². The summed E-state index contributed by atoms with van der Waals surface area (Å²) in [5, 5.41) is 0. The van der Waals surface area contributed by atoms with Crippen molar-refractivity contribution < 1.29 is 9.53 Å². The molecule has 9 nitrogen and oxygen atoms in total. The van der Waals surface area contributed by atoms with E-state index in [1.54, 1.807) is 15.8 Å². The molecule has 3 heterocycles. The van der Waals surface area contributed by atoms with Gasteiger partial charge in [0.05, 0.1) is 25.1 Å². The van der Waals surface area contributed by atoms with Crippen molar-refractivity contribution in [2.24, 2.45) is 0 Å². The van der Waals surface area contributed by atoms with Crippen molar-refractivity contribution in [2.75, 3.05) is 13.1 Å². The highest BCUT2D eigenvalue weighted by molar-refractivity contribution is 5.77. The van der Waals surface area contributed by atoms with Crippen molar-refractivity contribution in [1.82, 2.24) is 23.6 Å². The summed E-state index contributed by atoms with van der Waals surface area (Å²) in [6.45, 7) is 7.06. The number of aryl methyl sites for hydroxylation is 1. The molecule has 2 atom stereocenters. The van der Waals surface area contributed by atoms with Gasteiger partial charge in [-0.25, -0.2) is 14.3 Å².